The lowest BCUT2D eigenvalue weighted by molar-refractivity contribution is 0.115. The van der Waals surface area contributed by atoms with Gasteiger partial charge in [-0.1, -0.05) is 48.5 Å². The fourth-order valence-corrected chi connectivity index (χ4v) is 3.09. The number of benzene rings is 2. The third kappa shape index (κ3) is 5.52. The second-order valence-corrected chi connectivity index (χ2v) is 7.63. The molecule has 154 valence electrons. The number of rotatable bonds is 9. The molecular formula is C23H28N2O4. The van der Waals surface area contributed by atoms with Crippen LogP contribution in [-0.4, -0.2) is 45.2 Å². The lowest BCUT2D eigenvalue weighted by Crippen LogP contribution is -2.47. The van der Waals surface area contributed by atoms with Crippen LogP contribution in [0.4, 0.5) is 0 Å². The molecule has 0 saturated carbocycles. The number of aryl methyl sites for hydroxylation is 1. The van der Waals surface area contributed by atoms with Crippen LogP contribution in [0, 0.1) is 0 Å². The van der Waals surface area contributed by atoms with Crippen LogP contribution < -0.4 is 5.73 Å². The molecule has 0 fully saturated rings. The highest BCUT2D eigenvalue weighted by atomic mass is 16.3. The van der Waals surface area contributed by atoms with E-state index in [0.29, 0.717) is 25.2 Å². The Labute approximate surface area is 170 Å². The summed E-state index contributed by atoms with van der Waals surface area (Å²) in [6.07, 6.45) is 2.73. The Hall–Kier alpha value is -2.51. The lowest BCUT2D eigenvalue weighted by atomic mass is 9.93. The average Bonchev–Trinajstić information content (AvgIpc) is 3.20. The van der Waals surface area contributed by atoms with Gasteiger partial charge in [0.05, 0.1) is 24.9 Å². The van der Waals surface area contributed by atoms with Gasteiger partial charge in [-0.3, -0.25) is 0 Å². The molecule has 3 aromatic rings. The number of aliphatic hydroxyl groups excluding tert-OH is 3. The topological polar surface area (TPSA) is 113 Å². The van der Waals surface area contributed by atoms with Gasteiger partial charge in [-0.2, -0.15) is 0 Å². The summed E-state index contributed by atoms with van der Waals surface area (Å²) < 4.78 is 5.41. The van der Waals surface area contributed by atoms with E-state index in [0.717, 1.165) is 27.9 Å². The van der Waals surface area contributed by atoms with Crippen molar-refractivity contribution in [1.29, 1.82) is 0 Å². The summed E-state index contributed by atoms with van der Waals surface area (Å²) in [4.78, 5) is 4.42. The minimum atomic E-state index is -0.940. The van der Waals surface area contributed by atoms with Gasteiger partial charge in [-0.15, -0.1) is 0 Å². The van der Waals surface area contributed by atoms with Crippen molar-refractivity contribution in [2.75, 3.05) is 13.2 Å². The molecule has 5 N–H and O–H groups in total. The van der Waals surface area contributed by atoms with Gasteiger partial charge in [0.25, 0.3) is 0 Å². The van der Waals surface area contributed by atoms with E-state index in [9.17, 15) is 15.3 Å². The second kappa shape index (κ2) is 9.33. The summed E-state index contributed by atoms with van der Waals surface area (Å²) in [6.45, 7) is 1.23. The Morgan fingerprint density at radius 3 is 2.07 bits per heavy atom. The molecule has 6 heteroatoms. The molecule has 0 radical (unpaired) electrons. The van der Waals surface area contributed by atoms with E-state index in [1.165, 1.54) is 0 Å². The summed E-state index contributed by atoms with van der Waals surface area (Å²) in [6, 6.07) is 16.3. The van der Waals surface area contributed by atoms with E-state index < -0.39 is 11.6 Å². The molecule has 0 amide bonds. The van der Waals surface area contributed by atoms with E-state index >= 15 is 0 Å². The Bertz CT molecular complexity index is 897. The van der Waals surface area contributed by atoms with Crippen molar-refractivity contribution in [2.45, 2.75) is 37.8 Å². The summed E-state index contributed by atoms with van der Waals surface area (Å²) >= 11 is 0. The molecule has 0 aliphatic carbocycles. The van der Waals surface area contributed by atoms with Crippen LogP contribution in [0.1, 0.15) is 24.8 Å². The molecule has 1 heterocycles. The van der Waals surface area contributed by atoms with E-state index in [1.54, 1.807) is 13.2 Å². The van der Waals surface area contributed by atoms with Gasteiger partial charge >= 0.3 is 0 Å². The maximum Gasteiger partial charge on any atom is 0.197 e. The van der Waals surface area contributed by atoms with Crippen molar-refractivity contribution in [1.82, 2.24) is 4.98 Å². The van der Waals surface area contributed by atoms with Crippen LogP contribution in [0.3, 0.4) is 0 Å². The number of nitrogens with two attached hydrogens (primary N) is 1. The standard InChI is InChI=1S/C23H28N2O4/c1-16(28)12-22-25-21(13-29-22)20-8-6-19(7-9-20)18-4-2-17(3-5-18)10-11-23(24,14-26)15-27/h2-9,13,16,26-28H,10-12,14-15,24H2,1H3. The van der Waals surface area contributed by atoms with Crippen molar-refractivity contribution >= 4 is 0 Å². The summed E-state index contributed by atoms with van der Waals surface area (Å²) in [7, 11) is 0. The average molecular weight is 396 g/mol. The molecule has 6 nitrogen and oxygen atoms in total. The number of aromatic nitrogens is 1. The Balaban J connectivity index is 1.66. The highest BCUT2D eigenvalue weighted by Crippen LogP contribution is 2.25. The number of nitrogens with zero attached hydrogens (tertiary/aromatic N) is 1. The van der Waals surface area contributed by atoms with Gasteiger partial charge in [0, 0.05) is 12.0 Å². The first-order valence-electron chi connectivity index (χ1n) is 9.75. The van der Waals surface area contributed by atoms with Gasteiger partial charge in [0.15, 0.2) is 5.89 Å². The largest absolute Gasteiger partial charge is 0.448 e. The molecule has 0 aliphatic heterocycles. The van der Waals surface area contributed by atoms with E-state index in [1.807, 2.05) is 36.4 Å². The SMILES string of the molecule is CC(O)Cc1nc(-c2ccc(-c3ccc(CCC(N)(CO)CO)cc3)cc2)co1. The van der Waals surface area contributed by atoms with E-state index in [2.05, 4.69) is 17.1 Å². The third-order valence-electron chi connectivity index (χ3n) is 5.03. The fourth-order valence-electron chi connectivity index (χ4n) is 3.09. The molecule has 0 spiro atoms. The summed E-state index contributed by atoms with van der Waals surface area (Å²) in [5.41, 5.74) is 9.99. The van der Waals surface area contributed by atoms with Crippen LogP contribution >= 0.6 is 0 Å². The molecule has 0 saturated heterocycles. The molecular weight excluding hydrogens is 368 g/mol. The predicted molar refractivity (Wildman–Crippen MR) is 112 cm³/mol. The molecule has 0 aliphatic rings. The fraction of sp³-hybridized carbons (Fsp3) is 0.348. The quantitative estimate of drug-likeness (QED) is 0.442. The normalized spacial score (nSPS) is 12.9. The molecule has 0 bridgehead atoms. The molecule has 3 rings (SSSR count). The molecule has 1 atom stereocenters. The van der Waals surface area contributed by atoms with Crippen molar-refractivity contribution in [3.8, 4) is 22.4 Å². The summed E-state index contributed by atoms with van der Waals surface area (Å²) in [5, 5.41) is 28.0. The van der Waals surface area contributed by atoms with Crippen LogP contribution in [0.15, 0.2) is 59.2 Å². The number of aliphatic hydroxyl groups is 3. The zero-order chi connectivity index (χ0) is 20.9. The Kier molecular flexibility index (Phi) is 6.82. The zero-order valence-corrected chi connectivity index (χ0v) is 16.6. The maximum atomic E-state index is 9.44. The van der Waals surface area contributed by atoms with E-state index in [-0.39, 0.29) is 13.2 Å². The van der Waals surface area contributed by atoms with Crippen molar-refractivity contribution < 1.29 is 19.7 Å². The monoisotopic (exact) mass is 396 g/mol. The minimum absolute atomic E-state index is 0.236. The first kappa shape index (κ1) is 21.2. The van der Waals surface area contributed by atoms with Gasteiger partial charge < -0.3 is 25.5 Å². The molecule has 1 aromatic heterocycles. The first-order valence-corrected chi connectivity index (χ1v) is 9.75. The van der Waals surface area contributed by atoms with Crippen LogP contribution in [0.2, 0.25) is 0 Å². The Morgan fingerprint density at radius 1 is 0.966 bits per heavy atom. The smallest absolute Gasteiger partial charge is 0.197 e. The van der Waals surface area contributed by atoms with Crippen molar-refractivity contribution in [2.24, 2.45) is 5.73 Å². The number of hydrogen-bond acceptors (Lipinski definition) is 6. The molecule has 29 heavy (non-hydrogen) atoms. The lowest BCUT2D eigenvalue weighted by Gasteiger charge is -2.24. The zero-order valence-electron chi connectivity index (χ0n) is 16.6. The first-order chi connectivity index (χ1) is 13.9. The van der Waals surface area contributed by atoms with Gasteiger partial charge in [0.1, 0.15) is 12.0 Å². The maximum absolute atomic E-state index is 9.44. The molecule has 2 aromatic carbocycles. The minimum Gasteiger partial charge on any atom is -0.448 e. The van der Waals surface area contributed by atoms with Crippen LogP contribution in [0.25, 0.3) is 22.4 Å². The van der Waals surface area contributed by atoms with Gasteiger partial charge in [-0.05, 0) is 36.5 Å². The second-order valence-electron chi connectivity index (χ2n) is 7.63. The predicted octanol–water partition coefficient (Wildman–Crippen LogP) is 2.55. The molecule has 1 unspecified atom stereocenters. The van der Waals surface area contributed by atoms with Gasteiger partial charge in [-0.25, -0.2) is 4.98 Å². The Morgan fingerprint density at radius 2 is 1.52 bits per heavy atom. The summed E-state index contributed by atoms with van der Waals surface area (Å²) in [5.74, 6) is 0.526. The van der Waals surface area contributed by atoms with Crippen molar-refractivity contribution in [3.05, 3.63) is 66.2 Å². The number of oxazole rings is 1. The van der Waals surface area contributed by atoms with E-state index in [4.69, 9.17) is 10.2 Å². The third-order valence-corrected chi connectivity index (χ3v) is 5.03. The van der Waals surface area contributed by atoms with Gasteiger partial charge in [0.2, 0.25) is 0 Å². The number of hydrogen-bond donors (Lipinski definition) is 4. The van der Waals surface area contributed by atoms with Crippen molar-refractivity contribution in [3.63, 3.8) is 0 Å². The van der Waals surface area contributed by atoms with Crippen LogP contribution in [-0.2, 0) is 12.8 Å². The van der Waals surface area contributed by atoms with Crippen LogP contribution in [0.5, 0.6) is 0 Å². The highest BCUT2D eigenvalue weighted by molar-refractivity contribution is 5.68. The highest BCUT2D eigenvalue weighted by Gasteiger charge is 2.22.